The normalized spacial score (nSPS) is 11.9. The zero-order chi connectivity index (χ0) is 20.1. The van der Waals surface area contributed by atoms with E-state index in [1.165, 1.54) is 0 Å². The fourth-order valence-electron chi connectivity index (χ4n) is 3.22. The average molecular weight is 386 g/mol. The number of imidazole rings is 1. The van der Waals surface area contributed by atoms with Gasteiger partial charge in [0.05, 0.1) is 17.9 Å². The molecule has 1 atom stereocenters. The second kappa shape index (κ2) is 8.52. The molecule has 4 aromatic rings. The van der Waals surface area contributed by atoms with Crippen LogP contribution in [0.5, 0.6) is 0 Å². The Hall–Kier alpha value is -3.74. The third kappa shape index (κ3) is 4.40. The minimum absolute atomic E-state index is 0.146. The second-order valence-corrected chi connectivity index (χ2v) is 6.78. The molecule has 2 heterocycles. The van der Waals surface area contributed by atoms with Crippen LogP contribution in [0.15, 0.2) is 79.3 Å². The van der Waals surface area contributed by atoms with Gasteiger partial charge in [-0.3, -0.25) is 4.79 Å². The summed E-state index contributed by atoms with van der Waals surface area (Å²) in [6, 6.07) is 19.4. The number of nitrogens with zero attached hydrogens (tertiary/aromatic N) is 5. The molecule has 7 nitrogen and oxygen atoms in total. The van der Waals surface area contributed by atoms with Crippen molar-refractivity contribution in [3.63, 3.8) is 0 Å². The van der Waals surface area contributed by atoms with Crippen molar-refractivity contribution < 1.29 is 4.79 Å². The van der Waals surface area contributed by atoms with E-state index >= 15 is 0 Å². The van der Waals surface area contributed by atoms with E-state index in [1.54, 1.807) is 17.1 Å². The molecule has 0 spiro atoms. The van der Waals surface area contributed by atoms with Crippen molar-refractivity contribution in [2.45, 2.75) is 25.9 Å². The predicted octanol–water partition coefficient (Wildman–Crippen LogP) is 3.33. The fraction of sp³-hybridized carbons (Fsp3) is 0.182. The summed E-state index contributed by atoms with van der Waals surface area (Å²) in [4.78, 5) is 17.1. The van der Waals surface area contributed by atoms with E-state index in [0.717, 1.165) is 30.0 Å². The monoisotopic (exact) mass is 386 g/mol. The van der Waals surface area contributed by atoms with Crippen LogP contribution in [0, 0.1) is 6.92 Å². The number of amides is 1. The van der Waals surface area contributed by atoms with Crippen molar-refractivity contribution in [1.29, 1.82) is 0 Å². The highest BCUT2D eigenvalue weighted by Crippen LogP contribution is 2.19. The van der Waals surface area contributed by atoms with Gasteiger partial charge in [-0.05, 0) is 31.0 Å². The number of carbonyl (C=O) groups is 1. The van der Waals surface area contributed by atoms with Gasteiger partial charge in [0, 0.05) is 18.9 Å². The molecule has 1 amide bonds. The van der Waals surface area contributed by atoms with Gasteiger partial charge < -0.3 is 9.88 Å². The highest BCUT2D eigenvalue weighted by molar-refractivity contribution is 5.92. The molecule has 29 heavy (non-hydrogen) atoms. The van der Waals surface area contributed by atoms with Gasteiger partial charge in [0.2, 0.25) is 0 Å². The molecule has 2 aromatic carbocycles. The molecule has 0 radical (unpaired) electrons. The maximum absolute atomic E-state index is 12.9. The van der Waals surface area contributed by atoms with E-state index in [4.69, 9.17) is 0 Å². The SMILES string of the molecule is Cc1nccn1CC[C@H](NC(=O)c1cn(-c2ccccc2)nn1)c1ccccc1. The first kappa shape index (κ1) is 18.6. The number of para-hydroxylation sites is 1. The van der Waals surface area contributed by atoms with Gasteiger partial charge in [0.25, 0.3) is 5.91 Å². The Labute approximate surface area is 169 Å². The van der Waals surface area contributed by atoms with Crippen LogP contribution in [0.3, 0.4) is 0 Å². The molecule has 0 bridgehead atoms. The van der Waals surface area contributed by atoms with Crippen molar-refractivity contribution in [3.8, 4) is 5.69 Å². The lowest BCUT2D eigenvalue weighted by molar-refractivity contribution is 0.0928. The van der Waals surface area contributed by atoms with Crippen LogP contribution in [-0.4, -0.2) is 30.5 Å². The van der Waals surface area contributed by atoms with Gasteiger partial charge in [0.1, 0.15) is 5.82 Å². The smallest absolute Gasteiger partial charge is 0.273 e. The predicted molar refractivity (Wildman–Crippen MR) is 110 cm³/mol. The molecule has 146 valence electrons. The standard InChI is InChI=1S/C22H22N6O/c1-17-23-13-15-27(17)14-12-20(18-8-4-2-5-9-18)24-22(29)21-16-28(26-25-21)19-10-6-3-7-11-19/h2-11,13,15-16,20H,12,14H2,1H3,(H,24,29)/t20-/m0/s1. The van der Waals surface area contributed by atoms with Crippen molar-refractivity contribution in [2.75, 3.05) is 0 Å². The Kier molecular flexibility index (Phi) is 5.47. The highest BCUT2D eigenvalue weighted by atomic mass is 16.2. The summed E-state index contributed by atoms with van der Waals surface area (Å²) in [6.07, 6.45) is 6.12. The number of hydrogen-bond acceptors (Lipinski definition) is 4. The maximum Gasteiger partial charge on any atom is 0.273 e. The lowest BCUT2D eigenvalue weighted by Gasteiger charge is -2.19. The number of carbonyl (C=O) groups excluding carboxylic acids is 1. The minimum Gasteiger partial charge on any atom is -0.344 e. The Morgan fingerprint density at radius 1 is 1.07 bits per heavy atom. The molecule has 0 saturated carbocycles. The lowest BCUT2D eigenvalue weighted by atomic mass is 10.0. The molecule has 7 heteroatoms. The Morgan fingerprint density at radius 2 is 1.79 bits per heavy atom. The summed E-state index contributed by atoms with van der Waals surface area (Å²) >= 11 is 0. The van der Waals surface area contributed by atoms with Crippen LogP contribution in [0.1, 0.15) is 34.3 Å². The van der Waals surface area contributed by atoms with Crippen LogP contribution >= 0.6 is 0 Å². The van der Waals surface area contributed by atoms with Gasteiger partial charge in [-0.2, -0.15) is 0 Å². The number of nitrogens with one attached hydrogen (secondary N) is 1. The Morgan fingerprint density at radius 3 is 2.48 bits per heavy atom. The number of benzene rings is 2. The summed E-state index contributed by atoms with van der Waals surface area (Å²) in [7, 11) is 0. The maximum atomic E-state index is 12.9. The molecule has 0 fully saturated rings. The Bertz CT molecular complexity index is 1070. The van der Waals surface area contributed by atoms with Gasteiger partial charge in [0.15, 0.2) is 5.69 Å². The number of aromatic nitrogens is 5. The van der Waals surface area contributed by atoms with Crippen molar-refractivity contribution in [1.82, 2.24) is 29.9 Å². The fourth-order valence-corrected chi connectivity index (χ4v) is 3.22. The molecule has 1 N–H and O–H groups in total. The molecule has 0 aliphatic heterocycles. The van der Waals surface area contributed by atoms with E-state index in [9.17, 15) is 4.79 Å². The number of rotatable bonds is 7. The van der Waals surface area contributed by atoms with E-state index in [-0.39, 0.29) is 17.6 Å². The van der Waals surface area contributed by atoms with Gasteiger partial charge in [-0.1, -0.05) is 53.7 Å². The minimum atomic E-state index is -0.247. The third-order valence-electron chi connectivity index (χ3n) is 4.84. The molecule has 2 aromatic heterocycles. The highest BCUT2D eigenvalue weighted by Gasteiger charge is 2.18. The van der Waals surface area contributed by atoms with Crippen LogP contribution < -0.4 is 5.32 Å². The molecule has 0 aliphatic carbocycles. The topological polar surface area (TPSA) is 77.6 Å². The summed E-state index contributed by atoms with van der Waals surface area (Å²) < 4.78 is 3.68. The molecule has 0 saturated heterocycles. The summed E-state index contributed by atoms with van der Waals surface area (Å²) in [5.74, 6) is 0.706. The second-order valence-electron chi connectivity index (χ2n) is 6.78. The molecule has 4 rings (SSSR count). The van der Waals surface area contributed by atoms with E-state index in [2.05, 4.69) is 25.2 Å². The molecule has 0 unspecified atom stereocenters. The van der Waals surface area contributed by atoms with Gasteiger partial charge >= 0.3 is 0 Å². The number of hydrogen-bond donors (Lipinski definition) is 1. The quantitative estimate of drug-likeness (QED) is 0.528. The van der Waals surface area contributed by atoms with E-state index in [1.807, 2.05) is 73.8 Å². The largest absolute Gasteiger partial charge is 0.344 e. The van der Waals surface area contributed by atoms with E-state index < -0.39 is 0 Å². The third-order valence-corrected chi connectivity index (χ3v) is 4.84. The van der Waals surface area contributed by atoms with Gasteiger partial charge in [-0.25, -0.2) is 9.67 Å². The van der Waals surface area contributed by atoms with Crippen LogP contribution in [-0.2, 0) is 6.54 Å². The lowest BCUT2D eigenvalue weighted by Crippen LogP contribution is -2.29. The molecular formula is C22H22N6O. The van der Waals surface area contributed by atoms with Crippen molar-refractivity contribution >= 4 is 5.91 Å². The number of aryl methyl sites for hydroxylation is 2. The summed E-state index contributed by atoms with van der Waals surface area (Å²) in [6.45, 7) is 2.72. The zero-order valence-electron chi connectivity index (χ0n) is 16.1. The first-order valence-corrected chi connectivity index (χ1v) is 9.52. The first-order chi connectivity index (χ1) is 14.2. The van der Waals surface area contributed by atoms with Crippen LogP contribution in [0.2, 0.25) is 0 Å². The van der Waals surface area contributed by atoms with E-state index in [0.29, 0.717) is 0 Å². The first-order valence-electron chi connectivity index (χ1n) is 9.52. The zero-order valence-corrected chi connectivity index (χ0v) is 16.1. The van der Waals surface area contributed by atoms with Crippen molar-refractivity contribution in [3.05, 3.63) is 96.3 Å². The van der Waals surface area contributed by atoms with Crippen molar-refractivity contribution in [2.24, 2.45) is 0 Å². The van der Waals surface area contributed by atoms with Gasteiger partial charge in [-0.15, -0.1) is 5.10 Å². The molecular weight excluding hydrogens is 364 g/mol. The van der Waals surface area contributed by atoms with Crippen LogP contribution in [0.4, 0.5) is 0 Å². The Balaban J connectivity index is 1.50. The summed E-state index contributed by atoms with van der Waals surface area (Å²) in [5.41, 5.74) is 2.19. The molecule has 0 aliphatic rings. The van der Waals surface area contributed by atoms with Crippen LogP contribution in [0.25, 0.3) is 5.69 Å². The average Bonchev–Trinajstić information content (AvgIpc) is 3.42. The summed E-state index contributed by atoms with van der Waals surface area (Å²) in [5, 5.41) is 11.2.